The van der Waals surface area contributed by atoms with E-state index >= 15 is 0 Å². The fraction of sp³-hybridized carbons (Fsp3) is 0.737. The molecular weight excluding hydrogens is 302 g/mol. The highest BCUT2D eigenvalue weighted by Crippen LogP contribution is 2.38. The Morgan fingerprint density at radius 3 is 2.71 bits per heavy atom. The normalized spacial score (nSPS) is 28.5. The van der Waals surface area contributed by atoms with Crippen molar-refractivity contribution < 1.29 is 9.47 Å². The predicted octanol–water partition coefficient (Wildman–Crippen LogP) is 1.85. The largest absolute Gasteiger partial charge is 0.379 e. The van der Waals surface area contributed by atoms with E-state index in [2.05, 4.69) is 39.9 Å². The number of piperidine rings is 1. The highest BCUT2D eigenvalue weighted by Gasteiger charge is 2.44. The van der Waals surface area contributed by atoms with Crippen LogP contribution in [0.5, 0.6) is 0 Å². The number of rotatable bonds is 3. The minimum absolute atomic E-state index is 0.125. The first-order valence-corrected chi connectivity index (χ1v) is 9.33. The molecule has 5 nitrogen and oxygen atoms in total. The Morgan fingerprint density at radius 1 is 1.17 bits per heavy atom. The van der Waals surface area contributed by atoms with E-state index in [9.17, 15) is 0 Å². The second kappa shape index (κ2) is 7.08. The monoisotopic (exact) mass is 331 g/mol. The van der Waals surface area contributed by atoms with Gasteiger partial charge >= 0.3 is 0 Å². The maximum Gasteiger partial charge on any atom is 0.0723 e. The predicted molar refractivity (Wildman–Crippen MR) is 93.0 cm³/mol. The highest BCUT2D eigenvalue weighted by molar-refractivity contribution is 5.10. The average Bonchev–Trinajstić information content (AvgIpc) is 3.02. The summed E-state index contributed by atoms with van der Waals surface area (Å²) in [5, 5.41) is 0. The van der Waals surface area contributed by atoms with Gasteiger partial charge in [0.05, 0.1) is 31.1 Å². The van der Waals surface area contributed by atoms with Gasteiger partial charge in [-0.05, 0) is 38.3 Å². The van der Waals surface area contributed by atoms with Crippen LogP contribution in [0.2, 0.25) is 0 Å². The minimum Gasteiger partial charge on any atom is -0.379 e. The van der Waals surface area contributed by atoms with Crippen molar-refractivity contribution in [2.24, 2.45) is 0 Å². The average molecular weight is 331 g/mol. The summed E-state index contributed by atoms with van der Waals surface area (Å²) >= 11 is 0. The number of likely N-dealkylation sites (tertiary alicyclic amines) is 1. The van der Waals surface area contributed by atoms with Crippen molar-refractivity contribution in [1.82, 2.24) is 14.8 Å². The molecule has 3 fully saturated rings. The molecular formula is C19H29N3O2. The molecule has 1 atom stereocenters. The Hall–Kier alpha value is -1.01. The summed E-state index contributed by atoms with van der Waals surface area (Å²) in [7, 11) is 0. The molecule has 5 heteroatoms. The number of aromatic nitrogens is 1. The third-order valence-electron chi connectivity index (χ3n) is 5.85. The van der Waals surface area contributed by atoms with Crippen molar-refractivity contribution >= 4 is 0 Å². The third kappa shape index (κ3) is 3.64. The molecule has 0 amide bonds. The second-order valence-corrected chi connectivity index (χ2v) is 7.55. The lowest BCUT2D eigenvalue weighted by atomic mass is 9.87. The van der Waals surface area contributed by atoms with E-state index in [-0.39, 0.29) is 5.60 Å². The van der Waals surface area contributed by atoms with Crippen LogP contribution in [0.25, 0.3) is 0 Å². The van der Waals surface area contributed by atoms with Crippen LogP contribution in [0.3, 0.4) is 0 Å². The minimum atomic E-state index is 0.125. The number of ether oxygens (including phenoxy) is 2. The zero-order valence-corrected chi connectivity index (χ0v) is 14.7. The summed E-state index contributed by atoms with van der Waals surface area (Å²) in [5.41, 5.74) is 2.41. The molecule has 132 valence electrons. The van der Waals surface area contributed by atoms with Gasteiger partial charge < -0.3 is 9.47 Å². The van der Waals surface area contributed by atoms with Crippen LogP contribution in [0.4, 0.5) is 0 Å². The van der Waals surface area contributed by atoms with E-state index in [1.165, 1.54) is 12.1 Å². The molecule has 3 aliphatic heterocycles. The Balaban J connectivity index is 1.29. The van der Waals surface area contributed by atoms with Crippen molar-refractivity contribution in [1.29, 1.82) is 0 Å². The molecule has 0 N–H and O–H groups in total. The van der Waals surface area contributed by atoms with E-state index < -0.39 is 0 Å². The van der Waals surface area contributed by atoms with Crippen LogP contribution < -0.4 is 0 Å². The molecule has 4 rings (SSSR count). The van der Waals surface area contributed by atoms with E-state index in [4.69, 9.17) is 9.47 Å². The van der Waals surface area contributed by atoms with Crippen molar-refractivity contribution in [2.75, 3.05) is 46.0 Å². The zero-order valence-electron chi connectivity index (χ0n) is 14.7. The summed E-state index contributed by atoms with van der Waals surface area (Å²) in [6, 6.07) is 6.90. The molecule has 24 heavy (non-hydrogen) atoms. The van der Waals surface area contributed by atoms with Gasteiger partial charge in [0, 0.05) is 44.5 Å². The summed E-state index contributed by atoms with van der Waals surface area (Å²) in [4.78, 5) is 9.74. The van der Waals surface area contributed by atoms with Gasteiger partial charge in [-0.25, -0.2) is 0 Å². The topological polar surface area (TPSA) is 37.8 Å². The molecule has 3 saturated heterocycles. The number of aryl methyl sites for hydroxylation is 1. The van der Waals surface area contributed by atoms with Crippen molar-refractivity contribution in [3.63, 3.8) is 0 Å². The van der Waals surface area contributed by atoms with Gasteiger partial charge in [0.15, 0.2) is 0 Å². The molecule has 0 saturated carbocycles. The number of morpholine rings is 1. The third-order valence-corrected chi connectivity index (χ3v) is 5.85. The van der Waals surface area contributed by atoms with Gasteiger partial charge in [-0.15, -0.1) is 0 Å². The highest BCUT2D eigenvalue weighted by atomic mass is 16.5. The van der Waals surface area contributed by atoms with Gasteiger partial charge in [0.25, 0.3) is 0 Å². The quantitative estimate of drug-likeness (QED) is 0.845. The van der Waals surface area contributed by atoms with Crippen molar-refractivity contribution in [3.05, 3.63) is 29.6 Å². The lowest BCUT2D eigenvalue weighted by Gasteiger charge is -2.39. The lowest BCUT2D eigenvalue weighted by molar-refractivity contribution is -0.0460. The first kappa shape index (κ1) is 16.5. The van der Waals surface area contributed by atoms with E-state index in [1.54, 1.807) is 0 Å². The van der Waals surface area contributed by atoms with Gasteiger partial charge in [0.2, 0.25) is 0 Å². The molecule has 1 unspecified atom stereocenters. The molecule has 3 aliphatic rings. The van der Waals surface area contributed by atoms with Crippen LogP contribution in [0.1, 0.15) is 30.7 Å². The van der Waals surface area contributed by atoms with Gasteiger partial charge in [0.1, 0.15) is 0 Å². The summed E-state index contributed by atoms with van der Waals surface area (Å²) in [6.45, 7) is 10.0. The first-order valence-electron chi connectivity index (χ1n) is 9.33. The smallest absolute Gasteiger partial charge is 0.0723 e. The molecule has 1 spiro atoms. The Morgan fingerprint density at radius 2 is 1.96 bits per heavy atom. The lowest BCUT2D eigenvalue weighted by Crippen LogP contribution is -2.46. The zero-order chi connectivity index (χ0) is 16.4. The molecule has 0 bridgehead atoms. The van der Waals surface area contributed by atoms with Crippen LogP contribution in [0.15, 0.2) is 18.2 Å². The fourth-order valence-electron chi connectivity index (χ4n) is 4.38. The fourth-order valence-corrected chi connectivity index (χ4v) is 4.38. The molecule has 1 aromatic rings. The molecule has 0 aliphatic carbocycles. The molecule has 4 heterocycles. The Labute approximate surface area is 144 Å². The Bertz CT molecular complexity index is 551. The van der Waals surface area contributed by atoms with Crippen LogP contribution >= 0.6 is 0 Å². The molecule has 0 radical (unpaired) electrons. The second-order valence-electron chi connectivity index (χ2n) is 7.55. The number of hydrogen-bond donors (Lipinski definition) is 0. The van der Waals surface area contributed by atoms with Gasteiger partial charge in [-0.1, -0.05) is 6.07 Å². The van der Waals surface area contributed by atoms with Crippen molar-refractivity contribution in [2.45, 2.75) is 44.4 Å². The van der Waals surface area contributed by atoms with Gasteiger partial charge in [-0.3, -0.25) is 14.8 Å². The van der Waals surface area contributed by atoms with E-state index in [0.717, 1.165) is 71.1 Å². The molecule has 1 aromatic heterocycles. The Kier molecular flexibility index (Phi) is 4.86. The van der Waals surface area contributed by atoms with E-state index in [1.807, 2.05) is 0 Å². The van der Waals surface area contributed by atoms with Crippen LogP contribution in [0, 0.1) is 6.92 Å². The molecule has 0 aromatic carbocycles. The summed E-state index contributed by atoms with van der Waals surface area (Å²) < 4.78 is 11.8. The maximum atomic E-state index is 6.34. The van der Waals surface area contributed by atoms with Crippen molar-refractivity contribution in [3.8, 4) is 0 Å². The number of pyridine rings is 1. The summed E-state index contributed by atoms with van der Waals surface area (Å²) in [5.74, 6) is 0. The summed E-state index contributed by atoms with van der Waals surface area (Å²) in [6.07, 6.45) is 3.50. The number of nitrogens with zero attached hydrogens (tertiary/aromatic N) is 3. The van der Waals surface area contributed by atoms with Gasteiger partial charge in [-0.2, -0.15) is 0 Å². The first-order chi connectivity index (χ1) is 11.7. The van der Waals surface area contributed by atoms with Crippen LogP contribution in [-0.4, -0.2) is 72.4 Å². The standard InChI is InChI=1S/C19H29N3O2/c1-16-3-2-4-17(20-16)14-21-7-5-19(6-8-21)13-18(15-24-19)22-9-11-23-12-10-22/h2-4,18H,5-15H2,1H3. The SMILES string of the molecule is Cc1cccc(CN2CCC3(CC2)CC(N2CCOCC2)CO3)n1. The van der Waals surface area contributed by atoms with Crippen LogP contribution in [-0.2, 0) is 16.0 Å². The number of hydrogen-bond acceptors (Lipinski definition) is 5. The van der Waals surface area contributed by atoms with E-state index in [0.29, 0.717) is 6.04 Å². The maximum absolute atomic E-state index is 6.34.